The summed E-state index contributed by atoms with van der Waals surface area (Å²) >= 11 is 0. The number of hydrogen-bond donors (Lipinski definition) is 2. The van der Waals surface area contributed by atoms with Crippen LogP contribution in [0, 0.1) is 11.8 Å². The molecule has 2 saturated carbocycles. The third-order valence-corrected chi connectivity index (χ3v) is 7.06. The number of fused-ring (bicyclic) bond motifs is 1. The number of carbonyl (C=O) groups excluding carboxylic acids is 2. The standard InChI is InChI=1S/C22H28N6O2/c23-20-25-21(24)28(22(26-20)12-4-1-5-13-22)15-10-8-14(9-11-15)27-18(29)16-6-2-3-7-17(16)19(27)30/h8-11,16-17H,1-7,12-13H2,(H4,23,24,25,26). The zero-order valence-corrected chi connectivity index (χ0v) is 17.1. The Morgan fingerprint density at radius 3 is 2.00 bits per heavy atom. The molecule has 0 radical (unpaired) electrons. The van der Waals surface area contributed by atoms with Crippen molar-refractivity contribution in [2.75, 3.05) is 9.80 Å². The molecule has 2 amide bonds. The molecule has 3 fully saturated rings. The van der Waals surface area contributed by atoms with Crippen LogP contribution in [-0.2, 0) is 9.59 Å². The van der Waals surface area contributed by atoms with Gasteiger partial charge < -0.3 is 11.5 Å². The molecule has 5 rings (SSSR count). The molecule has 2 aliphatic heterocycles. The Hall–Kier alpha value is -2.90. The Morgan fingerprint density at radius 2 is 1.40 bits per heavy atom. The molecule has 2 unspecified atom stereocenters. The molecule has 1 aromatic rings. The normalized spacial score (nSPS) is 28.4. The highest BCUT2D eigenvalue weighted by Gasteiger charge is 2.49. The van der Waals surface area contributed by atoms with E-state index in [0.29, 0.717) is 11.6 Å². The highest BCUT2D eigenvalue weighted by Crippen LogP contribution is 2.42. The number of aliphatic imine (C=N–C) groups is 2. The van der Waals surface area contributed by atoms with Crippen molar-refractivity contribution in [3.8, 4) is 0 Å². The van der Waals surface area contributed by atoms with E-state index in [0.717, 1.165) is 57.1 Å². The van der Waals surface area contributed by atoms with Gasteiger partial charge in [0.15, 0.2) is 0 Å². The van der Waals surface area contributed by atoms with Gasteiger partial charge in [-0.3, -0.25) is 19.4 Å². The van der Waals surface area contributed by atoms with Crippen LogP contribution in [0.25, 0.3) is 0 Å². The second-order valence-corrected chi connectivity index (χ2v) is 8.84. The molecule has 2 aliphatic carbocycles. The molecule has 30 heavy (non-hydrogen) atoms. The van der Waals surface area contributed by atoms with E-state index in [-0.39, 0.29) is 29.6 Å². The maximum atomic E-state index is 12.9. The number of anilines is 2. The molecule has 1 spiro atoms. The van der Waals surface area contributed by atoms with Crippen molar-refractivity contribution in [1.29, 1.82) is 0 Å². The van der Waals surface area contributed by atoms with E-state index in [1.807, 2.05) is 29.2 Å². The number of imide groups is 1. The average molecular weight is 409 g/mol. The molecule has 2 atom stereocenters. The van der Waals surface area contributed by atoms with Crippen molar-refractivity contribution in [1.82, 2.24) is 0 Å². The second-order valence-electron chi connectivity index (χ2n) is 8.84. The number of carbonyl (C=O) groups is 2. The lowest BCUT2D eigenvalue weighted by atomic mass is 9.81. The first kappa shape index (κ1) is 19.1. The largest absolute Gasteiger partial charge is 0.369 e. The molecule has 4 aliphatic rings. The monoisotopic (exact) mass is 408 g/mol. The molecule has 0 aromatic heterocycles. The van der Waals surface area contributed by atoms with Gasteiger partial charge >= 0.3 is 0 Å². The fourth-order valence-electron chi connectivity index (χ4n) is 5.66. The third kappa shape index (κ3) is 2.88. The minimum atomic E-state index is -0.510. The molecule has 1 saturated heterocycles. The summed E-state index contributed by atoms with van der Waals surface area (Å²) in [4.78, 5) is 38.0. The van der Waals surface area contributed by atoms with E-state index in [9.17, 15) is 9.59 Å². The van der Waals surface area contributed by atoms with Crippen LogP contribution in [-0.4, -0.2) is 29.4 Å². The predicted octanol–water partition coefficient (Wildman–Crippen LogP) is 2.48. The quantitative estimate of drug-likeness (QED) is 0.729. The average Bonchev–Trinajstić information content (AvgIpc) is 2.99. The first-order valence-corrected chi connectivity index (χ1v) is 11.0. The minimum absolute atomic E-state index is 0.0578. The van der Waals surface area contributed by atoms with Crippen molar-refractivity contribution in [2.24, 2.45) is 33.3 Å². The van der Waals surface area contributed by atoms with Crippen molar-refractivity contribution in [2.45, 2.75) is 63.5 Å². The summed E-state index contributed by atoms with van der Waals surface area (Å²) in [5.41, 5.74) is 13.2. The van der Waals surface area contributed by atoms with Crippen LogP contribution in [0.4, 0.5) is 11.4 Å². The van der Waals surface area contributed by atoms with Gasteiger partial charge in [-0.1, -0.05) is 19.3 Å². The minimum Gasteiger partial charge on any atom is -0.369 e. The Balaban J connectivity index is 1.45. The molecule has 4 N–H and O–H groups in total. The Morgan fingerprint density at radius 1 is 0.833 bits per heavy atom. The fourth-order valence-corrected chi connectivity index (χ4v) is 5.66. The first-order valence-electron chi connectivity index (χ1n) is 11.0. The van der Waals surface area contributed by atoms with Gasteiger partial charge in [0.1, 0.15) is 5.66 Å². The van der Waals surface area contributed by atoms with Crippen LogP contribution >= 0.6 is 0 Å². The topological polar surface area (TPSA) is 117 Å². The number of guanidine groups is 2. The van der Waals surface area contributed by atoms with Crippen LogP contribution in [0.3, 0.4) is 0 Å². The number of amides is 2. The van der Waals surface area contributed by atoms with Crippen LogP contribution in [0.1, 0.15) is 57.8 Å². The zero-order chi connectivity index (χ0) is 20.9. The van der Waals surface area contributed by atoms with E-state index in [4.69, 9.17) is 11.5 Å². The van der Waals surface area contributed by atoms with Gasteiger partial charge in [-0.2, -0.15) is 4.99 Å². The summed E-state index contributed by atoms with van der Waals surface area (Å²) in [6, 6.07) is 7.45. The second kappa shape index (κ2) is 7.11. The van der Waals surface area contributed by atoms with Crippen LogP contribution < -0.4 is 21.3 Å². The number of nitrogens with zero attached hydrogens (tertiary/aromatic N) is 4. The number of hydrogen-bond acceptors (Lipinski definition) is 7. The number of nitrogens with two attached hydrogens (primary N) is 2. The van der Waals surface area contributed by atoms with Crippen molar-refractivity contribution in [3.63, 3.8) is 0 Å². The third-order valence-electron chi connectivity index (χ3n) is 7.06. The van der Waals surface area contributed by atoms with Crippen LogP contribution in [0.15, 0.2) is 34.3 Å². The van der Waals surface area contributed by atoms with Gasteiger partial charge in [0.2, 0.25) is 23.7 Å². The molecular formula is C22H28N6O2. The molecule has 8 nitrogen and oxygen atoms in total. The fraction of sp³-hybridized carbons (Fsp3) is 0.545. The summed E-state index contributed by atoms with van der Waals surface area (Å²) in [6.07, 6.45) is 8.66. The maximum Gasteiger partial charge on any atom is 0.237 e. The zero-order valence-electron chi connectivity index (χ0n) is 17.1. The molecular weight excluding hydrogens is 380 g/mol. The van der Waals surface area contributed by atoms with Crippen LogP contribution in [0.2, 0.25) is 0 Å². The Labute approximate surface area is 176 Å². The molecule has 2 heterocycles. The number of rotatable bonds is 2. The number of benzene rings is 1. The lowest BCUT2D eigenvalue weighted by Crippen LogP contribution is -2.58. The van der Waals surface area contributed by atoms with Crippen molar-refractivity contribution < 1.29 is 9.59 Å². The Bertz CT molecular complexity index is 907. The van der Waals surface area contributed by atoms with Gasteiger partial charge in [0, 0.05) is 5.69 Å². The highest BCUT2D eigenvalue weighted by molar-refractivity contribution is 6.22. The smallest absolute Gasteiger partial charge is 0.237 e. The summed E-state index contributed by atoms with van der Waals surface area (Å²) in [7, 11) is 0. The molecule has 8 heteroatoms. The summed E-state index contributed by atoms with van der Waals surface area (Å²) in [5, 5.41) is 0. The lowest BCUT2D eigenvalue weighted by molar-refractivity contribution is -0.122. The molecule has 158 valence electrons. The molecule has 0 bridgehead atoms. The van der Waals surface area contributed by atoms with Crippen molar-refractivity contribution >= 4 is 35.1 Å². The van der Waals surface area contributed by atoms with Gasteiger partial charge in [-0.15, -0.1) is 0 Å². The van der Waals surface area contributed by atoms with Gasteiger partial charge in [0.05, 0.1) is 17.5 Å². The summed E-state index contributed by atoms with van der Waals surface area (Å²) in [5.74, 6) is 0.127. The van der Waals surface area contributed by atoms with Gasteiger partial charge in [-0.05, 0) is 62.8 Å². The van der Waals surface area contributed by atoms with Crippen molar-refractivity contribution in [3.05, 3.63) is 24.3 Å². The Kier molecular flexibility index (Phi) is 4.52. The van der Waals surface area contributed by atoms with Gasteiger partial charge in [-0.25, -0.2) is 4.99 Å². The maximum absolute atomic E-state index is 12.9. The first-order chi connectivity index (χ1) is 14.5. The van der Waals surface area contributed by atoms with E-state index in [1.165, 1.54) is 11.3 Å². The van der Waals surface area contributed by atoms with E-state index in [2.05, 4.69) is 9.98 Å². The van der Waals surface area contributed by atoms with E-state index >= 15 is 0 Å². The highest BCUT2D eigenvalue weighted by atomic mass is 16.2. The van der Waals surface area contributed by atoms with Crippen LogP contribution in [0.5, 0.6) is 0 Å². The lowest BCUT2D eigenvalue weighted by Gasteiger charge is -2.45. The predicted molar refractivity (Wildman–Crippen MR) is 116 cm³/mol. The van der Waals surface area contributed by atoms with E-state index in [1.54, 1.807) is 0 Å². The SMILES string of the molecule is NC1=NC2(CCCCC2)N(c2ccc(N3C(=O)C4CCCCC4C3=O)cc2)C(N)=N1. The summed E-state index contributed by atoms with van der Waals surface area (Å²) < 4.78 is 0. The van der Waals surface area contributed by atoms with Gasteiger partial charge in [0.25, 0.3) is 0 Å². The van der Waals surface area contributed by atoms with E-state index < -0.39 is 5.66 Å². The molecule has 1 aromatic carbocycles. The summed E-state index contributed by atoms with van der Waals surface area (Å²) in [6.45, 7) is 0.